The first-order valence-corrected chi connectivity index (χ1v) is 10.1. The smallest absolute Gasteiger partial charge is 0.115 e. The van der Waals surface area contributed by atoms with Crippen LogP contribution in [0.3, 0.4) is 0 Å². The van der Waals surface area contributed by atoms with Crippen molar-refractivity contribution in [2.75, 3.05) is 0 Å². The van der Waals surface area contributed by atoms with Crippen LogP contribution in [0.15, 0.2) is 42.7 Å². The molecule has 1 aromatic carbocycles. The Morgan fingerprint density at radius 1 is 0.964 bits per heavy atom. The molecule has 0 radical (unpaired) electrons. The summed E-state index contributed by atoms with van der Waals surface area (Å²) in [6, 6.07) is 9.51. The lowest BCUT2D eigenvalue weighted by Gasteiger charge is -2.39. The normalized spacial score (nSPS) is 17.3. The van der Waals surface area contributed by atoms with Crippen molar-refractivity contribution in [1.29, 1.82) is 0 Å². The van der Waals surface area contributed by atoms with Crippen LogP contribution >= 0.6 is 0 Å². The summed E-state index contributed by atoms with van der Waals surface area (Å²) in [4.78, 5) is 10.0. The van der Waals surface area contributed by atoms with Crippen LogP contribution in [0.5, 0.6) is 5.75 Å². The molecule has 0 saturated carbocycles. The summed E-state index contributed by atoms with van der Waals surface area (Å²) >= 11 is 0. The number of hydrogen-bond donors (Lipinski definition) is 1. The lowest BCUT2D eigenvalue weighted by atomic mass is 9.67. The van der Waals surface area contributed by atoms with Crippen molar-refractivity contribution in [3.05, 3.63) is 54.1 Å². The zero-order valence-electron chi connectivity index (χ0n) is 17.5. The average molecular weight is 376 g/mol. The number of phenols is 1. The predicted octanol–water partition coefficient (Wildman–Crippen LogP) is 5.69. The highest BCUT2D eigenvalue weighted by molar-refractivity contribution is 5.71. The number of aromatic nitrogens is 3. The van der Waals surface area contributed by atoms with Gasteiger partial charge in [0.1, 0.15) is 11.4 Å². The van der Waals surface area contributed by atoms with Crippen molar-refractivity contribution in [2.45, 2.75) is 64.8 Å². The molecule has 4 nitrogen and oxygen atoms in total. The van der Waals surface area contributed by atoms with Crippen LogP contribution in [0.4, 0.5) is 0 Å². The third-order valence-corrected chi connectivity index (χ3v) is 6.13. The highest BCUT2D eigenvalue weighted by atomic mass is 16.3. The molecular weight excluding hydrogens is 346 g/mol. The largest absolute Gasteiger partial charge is 0.508 e. The first-order valence-electron chi connectivity index (χ1n) is 10.1. The molecule has 0 atom stereocenters. The fraction of sp³-hybridized carbons (Fsp3) is 0.417. The molecule has 0 spiro atoms. The molecule has 28 heavy (non-hydrogen) atoms. The van der Waals surface area contributed by atoms with Crippen molar-refractivity contribution in [3.63, 3.8) is 0 Å². The van der Waals surface area contributed by atoms with E-state index < -0.39 is 0 Å². The Balaban J connectivity index is 1.83. The van der Waals surface area contributed by atoms with E-state index in [0.29, 0.717) is 0 Å². The van der Waals surface area contributed by atoms with E-state index in [1.807, 2.05) is 18.3 Å². The van der Waals surface area contributed by atoms with Crippen LogP contribution in [0.1, 0.15) is 58.8 Å². The number of fused-ring (bicyclic) bond motifs is 1. The van der Waals surface area contributed by atoms with Gasteiger partial charge in [-0.3, -0.25) is 4.98 Å². The predicted molar refractivity (Wildman–Crippen MR) is 114 cm³/mol. The van der Waals surface area contributed by atoms with E-state index in [1.54, 1.807) is 12.1 Å². The Hall–Kier alpha value is -2.62. The Bertz CT molecular complexity index is 1010. The second-order valence-corrected chi connectivity index (χ2v) is 9.17. The minimum Gasteiger partial charge on any atom is -0.508 e. The fourth-order valence-corrected chi connectivity index (χ4v) is 4.14. The highest BCUT2D eigenvalue weighted by Gasteiger charge is 2.39. The van der Waals surface area contributed by atoms with Gasteiger partial charge in [-0.25, -0.2) is 4.98 Å². The third kappa shape index (κ3) is 3.11. The van der Waals surface area contributed by atoms with Crippen molar-refractivity contribution >= 4 is 0 Å². The average Bonchev–Trinajstić information content (AvgIpc) is 3.10. The molecule has 146 valence electrons. The maximum atomic E-state index is 9.57. The summed E-state index contributed by atoms with van der Waals surface area (Å²) in [6.07, 6.45) is 6.35. The summed E-state index contributed by atoms with van der Waals surface area (Å²) in [7, 11) is 0. The number of aromatic hydroxyl groups is 1. The van der Waals surface area contributed by atoms with Gasteiger partial charge in [0.2, 0.25) is 0 Å². The summed E-state index contributed by atoms with van der Waals surface area (Å²) in [5.74, 6) is 0.282. The van der Waals surface area contributed by atoms with Crippen LogP contribution in [-0.4, -0.2) is 19.6 Å². The molecule has 0 aliphatic heterocycles. The second-order valence-electron chi connectivity index (χ2n) is 9.17. The van der Waals surface area contributed by atoms with E-state index >= 15 is 0 Å². The summed E-state index contributed by atoms with van der Waals surface area (Å²) in [5.41, 5.74) is 6.60. The molecule has 0 unspecified atom stereocenters. The van der Waals surface area contributed by atoms with E-state index in [4.69, 9.17) is 9.97 Å². The number of hydrogen-bond acceptors (Lipinski definition) is 3. The van der Waals surface area contributed by atoms with Gasteiger partial charge in [-0.05, 0) is 43.5 Å². The molecule has 0 saturated heterocycles. The van der Waals surface area contributed by atoms with Crippen molar-refractivity contribution in [1.82, 2.24) is 14.5 Å². The Morgan fingerprint density at radius 2 is 1.61 bits per heavy atom. The van der Waals surface area contributed by atoms with E-state index in [9.17, 15) is 5.11 Å². The fourth-order valence-electron chi connectivity index (χ4n) is 4.14. The number of nitrogens with zero attached hydrogens (tertiary/aromatic N) is 3. The number of phenolic OH excluding ortho intramolecular Hbond substituents is 1. The van der Waals surface area contributed by atoms with Gasteiger partial charge in [0.05, 0.1) is 23.3 Å². The lowest BCUT2D eigenvalue weighted by molar-refractivity contribution is 0.314. The van der Waals surface area contributed by atoms with E-state index in [0.717, 1.165) is 53.3 Å². The van der Waals surface area contributed by atoms with Crippen LogP contribution in [0.2, 0.25) is 0 Å². The topological polar surface area (TPSA) is 50.9 Å². The SMILES string of the molecule is CCn1cc(-c2ccc(O)cc2)cc1-c1cnc2c(n1)C(C)(C)CCC2(C)C. The van der Waals surface area contributed by atoms with Crippen molar-refractivity contribution in [2.24, 2.45) is 0 Å². The van der Waals surface area contributed by atoms with Gasteiger partial charge in [0.15, 0.2) is 0 Å². The summed E-state index contributed by atoms with van der Waals surface area (Å²) < 4.78 is 2.22. The minimum absolute atomic E-state index is 0.0390. The van der Waals surface area contributed by atoms with Crippen LogP contribution in [-0.2, 0) is 17.4 Å². The maximum Gasteiger partial charge on any atom is 0.115 e. The third-order valence-electron chi connectivity index (χ3n) is 6.13. The summed E-state index contributed by atoms with van der Waals surface area (Å²) in [6.45, 7) is 12.1. The number of benzene rings is 1. The molecule has 3 aromatic rings. The molecule has 1 aliphatic carbocycles. The molecule has 0 fully saturated rings. The highest BCUT2D eigenvalue weighted by Crippen LogP contribution is 2.44. The number of rotatable bonds is 3. The van der Waals surface area contributed by atoms with Gasteiger partial charge in [-0.1, -0.05) is 39.8 Å². The minimum atomic E-state index is 0.0390. The molecule has 4 heteroatoms. The van der Waals surface area contributed by atoms with Crippen LogP contribution < -0.4 is 0 Å². The maximum absolute atomic E-state index is 9.57. The Labute approximate surface area is 167 Å². The van der Waals surface area contributed by atoms with Gasteiger partial charge in [0.25, 0.3) is 0 Å². The van der Waals surface area contributed by atoms with Gasteiger partial charge in [-0.2, -0.15) is 0 Å². The molecule has 4 rings (SSSR count). The standard InChI is InChI=1S/C24H29N3O/c1-6-27-15-17(16-7-9-18(28)10-8-16)13-20(27)19-14-25-21-22(26-19)24(4,5)12-11-23(21,2)3/h7-10,13-15,28H,6,11-12H2,1-5H3. The van der Waals surface area contributed by atoms with Gasteiger partial charge >= 0.3 is 0 Å². The van der Waals surface area contributed by atoms with E-state index in [1.165, 1.54) is 0 Å². The van der Waals surface area contributed by atoms with Crippen LogP contribution in [0, 0.1) is 0 Å². The lowest BCUT2D eigenvalue weighted by Crippen LogP contribution is -2.36. The van der Waals surface area contributed by atoms with Gasteiger partial charge < -0.3 is 9.67 Å². The van der Waals surface area contributed by atoms with E-state index in [2.05, 4.69) is 51.4 Å². The molecule has 1 aliphatic rings. The zero-order valence-corrected chi connectivity index (χ0v) is 17.5. The summed E-state index contributed by atoms with van der Waals surface area (Å²) in [5, 5.41) is 9.57. The first kappa shape index (κ1) is 18.7. The quantitative estimate of drug-likeness (QED) is 0.640. The van der Waals surface area contributed by atoms with Gasteiger partial charge in [0, 0.05) is 29.1 Å². The number of aryl methyl sites for hydroxylation is 1. The first-order chi connectivity index (χ1) is 13.2. The van der Waals surface area contributed by atoms with Gasteiger partial charge in [-0.15, -0.1) is 0 Å². The zero-order chi connectivity index (χ0) is 20.1. The molecule has 2 heterocycles. The molecular formula is C24H29N3O. The molecule has 0 amide bonds. The molecule has 0 bridgehead atoms. The molecule has 1 N–H and O–H groups in total. The Morgan fingerprint density at radius 3 is 2.25 bits per heavy atom. The Kier molecular flexibility index (Phi) is 4.33. The second kappa shape index (κ2) is 6.47. The monoisotopic (exact) mass is 375 g/mol. The van der Waals surface area contributed by atoms with Crippen molar-refractivity contribution < 1.29 is 5.11 Å². The van der Waals surface area contributed by atoms with Crippen molar-refractivity contribution in [3.8, 4) is 28.3 Å². The molecule has 2 aromatic heterocycles. The van der Waals surface area contributed by atoms with E-state index in [-0.39, 0.29) is 16.6 Å². The van der Waals surface area contributed by atoms with Crippen LogP contribution in [0.25, 0.3) is 22.5 Å².